The van der Waals surface area contributed by atoms with Crippen LogP contribution in [0.25, 0.3) is 0 Å². The van der Waals surface area contributed by atoms with E-state index in [9.17, 15) is 4.79 Å². The maximum atomic E-state index is 12.0. The lowest BCUT2D eigenvalue weighted by molar-refractivity contribution is -0.0243. The Bertz CT molecular complexity index is 416. The third-order valence-electron chi connectivity index (χ3n) is 3.53. The van der Waals surface area contributed by atoms with Gasteiger partial charge in [-0.05, 0) is 60.4 Å². The molecule has 3 nitrogen and oxygen atoms in total. The summed E-state index contributed by atoms with van der Waals surface area (Å²) in [6.45, 7) is 0.168. The van der Waals surface area contributed by atoms with E-state index < -0.39 is 0 Å². The molecule has 2 atom stereocenters. The van der Waals surface area contributed by atoms with Crippen molar-refractivity contribution < 1.29 is 14.3 Å². The van der Waals surface area contributed by atoms with Crippen LogP contribution < -0.4 is 0 Å². The largest absolute Gasteiger partial charge is 0.381 e. The van der Waals surface area contributed by atoms with Crippen LogP contribution in [-0.2, 0) is 9.47 Å². The van der Waals surface area contributed by atoms with Crippen molar-refractivity contribution >= 4 is 28.4 Å². The van der Waals surface area contributed by atoms with Crippen molar-refractivity contribution in [3.05, 3.63) is 33.4 Å². The third-order valence-corrected chi connectivity index (χ3v) is 4.25. The molecule has 4 heteroatoms. The van der Waals surface area contributed by atoms with E-state index in [4.69, 9.17) is 9.47 Å². The van der Waals surface area contributed by atoms with Crippen molar-refractivity contribution in [2.75, 3.05) is 13.7 Å². The van der Waals surface area contributed by atoms with E-state index in [0.717, 1.165) is 34.8 Å². The number of carbonyl (C=O) groups is 1. The lowest BCUT2D eigenvalue weighted by Crippen LogP contribution is -2.29. The smallest absolute Gasteiger partial charge is 0.188 e. The van der Waals surface area contributed by atoms with Gasteiger partial charge in [0.2, 0.25) is 0 Å². The van der Waals surface area contributed by atoms with Gasteiger partial charge in [0, 0.05) is 16.2 Å². The van der Waals surface area contributed by atoms with Crippen LogP contribution in [-0.4, -0.2) is 31.7 Å². The predicted octanol–water partition coefficient (Wildman–Crippen LogP) is 3.45. The SMILES string of the molecule is COC1CCCC(OCC(=O)c2ccc(I)cc2)C1. The second kappa shape index (κ2) is 7.36. The summed E-state index contributed by atoms with van der Waals surface area (Å²) in [5, 5.41) is 0. The van der Waals surface area contributed by atoms with Crippen LogP contribution in [0, 0.1) is 3.57 Å². The van der Waals surface area contributed by atoms with Gasteiger partial charge in [0.05, 0.1) is 12.2 Å². The number of ketones is 1. The van der Waals surface area contributed by atoms with Crippen LogP contribution in [0.4, 0.5) is 0 Å². The summed E-state index contributed by atoms with van der Waals surface area (Å²) in [5.74, 6) is 0.0518. The van der Waals surface area contributed by atoms with Gasteiger partial charge in [0.1, 0.15) is 6.61 Å². The van der Waals surface area contributed by atoms with Gasteiger partial charge < -0.3 is 9.47 Å². The van der Waals surface area contributed by atoms with Crippen molar-refractivity contribution in [3.63, 3.8) is 0 Å². The molecule has 0 aliphatic heterocycles. The van der Waals surface area contributed by atoms with E-state index in [1.807, 2.05) is 24.3 Å². The van der Waals surface area contributed by atoms with Gasteiger partial charge in [-0.3, -0.25) is 4.79 Å². The molecule has 0 amide bonds. The third kappa shape index (κ3) is 4.54. The summed E-state index contributed by atoms with van der Waals surface area (Å²) in [7, 11) is 1.74. The second-order valence-electron chi connectivity index (χ2n) is 4.89. The first kappa shape index (κ1) is 14.9. The molecule has 0 N–H and O–H groups in total. The highest BCUT2D eigenvalue weighted by atomic mass is 127. The van der Waals surface area contributed by atoms with Gasteiger partial charge >= 0.3 is 0 Å². The number of rotatable bonds is 5. The highest BCUT2D eigenvalue weighted by molar-refractivity contribution is 14.1. The van der Waals surface area contributed by atoms with Crippen LogP contribution in [0.15, 0.2) is 24.3 Å². The molecule has 1 aromatic rings. The topological polar surface area (TPSA) is 35.5 Å². The average molecular weight is 374 g/mol. The molecule has 0 saturated heterocycles. The Balaban J connectivity index is 1.81. The van der Waals surface area contributed by atoms with Gasteiger partial charge in [-0.25, -0.2) is 0 Å². The Hall–Kier alpha value is -0.460. The van der Waals surface area contributed by atoms with E-state index >= 15 is 0 Å². The van der Waals surface area contributed by atoms with Gasteiger partial charge in [-0.2, -0.15) is 0 Å². The zero-order valence-electron chi connectivity index (χ0n) is 11.1. The molecule has 0 heterocycles. The maximum Gasteiger partial charge on any atom is 0.188 e. The molecule has 0 bridgehead atoms. The zero-order valence-corrected chi connectivity index (χ0v) is 13.3. The number of Topliss-reactive ketones (excluding diaryl/α,β-unsaturated/α-hetero) is 1. The van der Waals surface area contributed by atoms with Crippen molar-refractivity contribution in [2.45, 2.75) is 37.9 Å². The molecular weight excluding hydrogens is 355 g/mol. The summed E-state index contributed by atoms with van der Waals surface area (Å²) < 4.78 is 12.2. The first-order valence-electron chi connectivity index (χ1n) is 6.62. The Morgan fingerprint density at radius 2 is 1.95 bits per heavy atom. The van der Waals surface area contributed by atoms with Crippen LogP contribution in [0.2, 0.25) is 0 Å². The molecule has 0 aromatic heterocycles. The van der Waals surface area contributed by atoms with Crippen LogP contribution in [0.3, 0.4) is 0 Å². The molecule has 1 aliphatic rings. The van der Waals surface area contributed by atoms with Gasteiger partial charge in [-0.15, -0.1) is 0 Å². The minimum atomic E-state index is 0.0518. The first-order valence-corrected chi connectivity index (χ1v) is 7.70. The van der Waals surface area contributed by atoms with Crippen molar-refractivity contribution in [2.24, 2.45) is 0 Å². The molecule has 2 unspecified atom stereocenters. The Labute approximate surface area is 127 Å². The summed E-state index contributed by atoms with van der Waals surface area (Å²) >= 11 is 2.23. The second-order valence-corrected chi connectivity index (χ2v) is 6.13. The Morgan fingerprint density at radius 3 is 2.63 bits per heavy atom. The Kier molecular flexibility index (Phi) is 5.78. The lowest BCUT2D eigenvalue weighted by Gasteiger charge is -2.27. The molecule has 19 heavy (non-hydrogen) atoms. The number of ether oxygens (including phenoxy) is 2. The number of methoxy groups -OCH3 is 1. The number of benzene rings is 1. The van der Waals surface area contributed by atoms with Crippen LogP contribution >= 0.6 is 22.6 Å². The number of hydrogen-bond acceptors (Lipinski definition) is 3. The molecular formula is C15H19IO3. The molecule has 104 valence electrons. The molecule has 0 spiro atoms. The van der Waals surface area contributed by atoms with Gasteiger partial charge in [0.15, 0.2) is 5.78 Å². The fourth-order valence-corrected chi connectivity index (χ4v) is 2.74. The van der Waals surface area contributed by atoms with E-state index in [1.54, 1.807) is 7.11 Å². The molecule has 1 fully saturated rings. The van der Waals surface area contributed by atoms with E-state index in [2.05, 4.69) is 22.6 Å². The lowest BCUT2D eigenvalue weighted by atomic mass is 9.95. The molecule has 0 radical (unpaired) electrons. The first-order chi connectivity index (χ1) is 9.19. The highest BCUT2D eigenvalue weighted by Gasteiger charge is 2.22. The highest BCUT2D eigenvalue weighted by Crippen LogP contribution is 2.23. The molecule has 1 aliphatic carbocycles. The van der Waals surface area contributed by atoms with Crippen molar-refractivity contribution in [3.8, 4) is 0 Å². The van der Waals surface area contributed by atoms with Crippen LogP contribution in [0.5, 0.6) is 0 Å². The van der Waals surface area contributed by atoms with Crippen molar-refractivity contribution in [1.29, 1.82) is 0 Å². The normalized spacial score (nSPS) is 23.3. The molecule has 2 rings (SSSR count). The average Bonchev–Trinajstić information content (AvgIpc) is 2.46. The monoisotopic (exact) mass is 374 g/mol. The number of hydrogen-bond donors (Lipinski definition) is 0. The number of halogens is 1. The number of carbonyl (C=O) groups excluding carboxylic acids is 1. The fraction of sp³-hybridized carbons (Fsp3) is 0.533. The Morgan fingerprint density at radius 1 is 1.26 bits per heavy atom. The van der Waals surface area contributed by atoms with Crippen LogP contribution in [0.1, 0.15) is 36.0 Å². The summed E-state index contributed by atoms with van der Waals surface area (Å²) in [6.07, 6.45) is 4.58. The van der Waals surface area contributed by atoms with E-state index in [0.29, 0.717) is 0 Å². The standard InChI is InChI=1S/C15H19IO3/c1-18-13-3-2-4-14(9-13)19-10-15(17)11-5-7-12(16)8-6-11/h5-8,13-14H,2-4,9-10H2,1H3. The molecule has 1 aromatic carbocycles. The van der Waals surface area contributed by atoms with Gasteiger partial charge in [-0.1, -0.05) is 12.1 Å². The van der Waals surface area contributed by atoms with E-state index in [1.165, 1.54) is 0 Å². The summed E-state index contributed by atoms with van der Waals surface area (Å²) in [5.41, 5.74) is 0.722. The quantitative estimate of drug-likeness (QED) is 0.585. The fourth-order valence-electron chi connectivity index (χ4n) is 2.38. The molecule has 1 saturated carbocycles. The summed E-state index contributed by atoms with van der Waals surface area (Å²) in [4.78, 5) is 12.0. The van der Waals surface area contributed by atoms with Crippen molar-refractivity contribution in [1.82, 2.24) is 0 Å². The van der Waals surface area contributed by atoms with Gasteiger partial charge in [0.25, 0.3) is 0 Å². The van der Waals surface area contributed by atoms with E-state index in [-0.39, 0.29) is 24.6 Å². The minimum Gasteiger partial charge on any atom is -0.381 e. The minimum absolute atomic E-state index is 0.0518. The zero-order chi connectivity index (χ0) is 13.7. The predicted molar refractivity (Wildman–Crippen MR) is 82.5 cm³/mol. The maximum absolute atomic E-state index is 12.0. The summed E-state index contributed by atoms with van der Waals surface area (Å²) in [6, 6.07) is 7.59.